The standard InChI is InChI=1S/C24H26N4O3/c1-18-6-8-20(9-7-18)31-17-24(29)28-14-12-27(13-15-28)23-11-10-22(25-26-23)19-4-3-5-21(16-19)30-2/h3-11,16H,12-15,17H2,1-2H3. The molecule has 1 saturated heterocycles. The third kappa shape index (κ3) is 5.12. The molecule has 2 heterocycles. The van der Waals surface area contributed by atoms with Crippen molar-refractivity contribution in [2.24, 2.45) is 0 Å². The molecule has 31 heavy (non-hydrogen) atoms. The van der Waals surface area contributed by atoms with Gasteiger partial charge in [0.2, 0.25) is 0 Å². The molecule has 7 nitrogen and oxygen atoms in total. The van der Waals surface area contributed by atoms with Crippen LogP contribution in [0.15, 0.2) is 60.7 Å². The van der Waals surface area contributed by atoms with Gasteiger partial charge in [-0.25, -0.2) is 0 Å². The van der Waals surface area contributed by atoms with E-state index in [4.69, 9.17) is 9.47 Å². The van der Waals surface area contributed by atoms with Crippen LogP contribution < -0.4 is 14.4 Å². The number of aryl methyl sites for hydroxylation is 1. The summed E-state index contributed by atoms with van der Waals surface area (Å²) in [4.78, 5) is 16.5. The molecule has 1 fully saturated rings. The molecule has 3 aromatic rings. The fourth-order valence-corrected chi connectivity index (χ4v) is 3.49. The Labute approximate surface area is 182 Å². The minimum Gasteiger partial charge on any atom is -0.497 e. The quantitative estimate of drug-likeness (QED) is 0.613. The lowest BCUT2D eigenvalue weighted by atomic mass is 10.1. The number of anilines is 1. The highest BCUT2D eigenvalue weighted by atomic mass is 16.5. The summed E-state index contributed by atoms with van der Waals surface area (Å²) in [5.74, 6) is 2.31. The van der Waals surface area contributed by atoms with Crippen molar-refractivity contribution in [3.8, 4) is 22.8 Å². The maximum Gasteiger partial charge on any atom is 0.260 e. The molecule has 0 N–H and O–H groups in total. The second-order valence-electron chi connectivity index (χ2n) is 7.48. The van der Waals surface area contributed by atoms with E-state index in [9.17, 15) is 4.79 Å². The summed E-state index contributed by atoms with van der Waals surface area (Å²) in [6.07, 6.45) is 0. The number of aromatic nitrogens is 2. The second kappa shape index (κ2) is 9.47. The molecule has 160 valence electrons. The summed E-state index contributed by atoms with van der Waals surface area (Å²) in [5, 5.41) is 8.77. The van der Waals surface area contributed by atoms with Crippen molar-refractivity contribution in [3.63, 3.8) is 0 Å². The molecule has 4 rings (SSSR count). The molecule has 0 unspecified atom stereocenters. The number of piperazine rings is 1. The Morgan fingerprint density at radius 3 is 2.39 bits per heavy atom. The van der Waals surface area contributed by atoms with E-state index in [0.717, 1.165) is 28.4 Å². The summed E-state index contributed by atoms with van der Waals surface area (Å²) in [5.41, 5.74) is 2.92. The first-order chi connectivity index (χ1) is 15.1. The van der Waals surface area contributed by atoms with E-state index < -0.39 is 0 Å². The van der Waals surface area contributed by atoms with E-state index in [2.05, 4.69) is 15.1 Å². The van der Waals surface area contributed by atoms with E-state index in [0.29, 0.717) is 31.9 Å². The van der Waals surface area contributed by atoms with Gasteiger partial charge >= 0.3 is 0 Å². The third-order valence-electron chi connectivity index (χ3n) is 5.36. The average Bonchev–Trinajstić information content (AvgIpc) is 2.84. The number of ether oxygens (including phenoxy) is 2. The first-order valence-corrected chi connectivity index (χ1v) is 10.3. The lowest BCUT2D eigenvalue weighted by molar-refractivity contribution is -0.133. The van der Waals surface area contributed by atoms with Gasteiger partial charge in [-0.2, -0.15) is 0 Å². The van der Waals surface area contributed by atoms with Crippen LogP contribution in [0.3, 0.4) is 0 Å². The van der Waals surface area contributed by atoms with Gasteiger partial charge in [-0.3, -0.25) is 4.79 Å². The van der Waals surface area contributed by atoms with Crippen LogP contribution in [0.1, 0.15) is 5.56 Å². The van der Waals surface area contributed by atoms with Crippen LogP contribution in [0.4, 0.5) is 5.82 Å². The predicted octanol–water partition coefficient (Wildman–Crippen LogP) is 3.19. The van der Waals surface area contributed by atoms with Crippen LogP contribution in [-0.2, 0) is 4.79 Å². The summed E-state index contributed by atoms with van der Waals surface area (Å²) < 4.78 is 10.9. The summed E-state index contributed by atoms with van der Waals surface area (Å²) in [6.45, 7) is 4.76. The zero-order valence-corrected chi connectivity index (χ0v) is 17.8. The maximum absolute atomic E-state index is 12.5. The number of methoxy groups -OCH3 is 1. The minimum atomic E-state index is -0.000294. The minimum absolute atomic E-state index is 0.000294. The van der Waals surface area contributed by atoms with Crippen LogP contribution >= 0.6 is 0 Å². The summed E-state index contributed by atoms with van der Waals surface area (Å²) in [7, 11) is 1.65. The zero-order valence-electron chi connectivity index (χ0n) is 17.8. The molecule has 0 atom stereocenters. The van der Waals surface area contributed by atoms with Crippen LogP contribution in [-0.4, -0.2) is 60.9 Å². The van der Waals surface area contributed by atoms with Crippen LogP contribution in [0, 0.1) is 6.92 Å². The number of benzene rings is 2. The molecule has 1 aliphatic heterocycles. The number of hydrogen-bond acceptors (Lipinski definition) is 6. The van der Waals surface area contributed by atoms with E-state index >= 15 is 0 Å². The van der Waals surface area contributed by atoms with Crippen molar-refractivity contribution in [2.45, 2.75) is 6.92 Å². The number of rotatable bonds is 6. The molecular weight excluding hydrogens is 392 g/mol. The van der Waals surface area contributed by atoms with E-state index in [1.54, 1.807) is 7.11 Å². The number of hydrogen-bond donors (Lipinski definition) is 0. The number of carbonyl (C=O) groups is 1. The van der Waals surface area contributed by atoms with Gasteiger partial charge in [0.05, 0.1) is 12.8 Å². The summed E-state index contributed by atoms with van der Waals surface area (Å²) >= 11 is 0. The van der Waals surface area contributed by atoms with Crippen LogP contribution in [0.5, 0.6) is 11.5 Å². The molecule has 0 radical (unpaired) electrons. The molecule has 7 heteroatoms. The SMILES string of the molecule is COc1cccc(-c2ccc(N3CCN(C(=O)COc4ccc(C)cc4)CC3)nn2)c1. The molecule has 1 aromatic heterocycles. The van der Waals surface area contributed by atoms with Gasteiger partial charge in [0.1, 0.15) is 11.5 Å². The van der Waals surface area contributed by atoms with Gasteiger partial charge in [0.25, 0.3) is 5.91 Å². The Hall–Kier alpha value is -3.61. The van der Waals surface area contributed by atoms with Crippen molar-refractivity contribution in [1.29, 1.82) is 0 Å². The average molecular weight is 418 g/mol. The molecule has 1 aliphatic rings. The Morgan fingerprint density at radius 1 is 0.935 bits per heavy atom. The van der Waals surface area contributed by atoms with Gasteiger partial charge in [-0.1, -0.05) is 29.8 Å². The van der Waals surface area contributed by atoms with Gasteiger partial charge in [0.15, 0.2) is 12.4 Å². The van der Waals surface area contributed by atoms with E-state index in [1.165, 1.54) is 0 Å². The molecule has 2 aromatic carbocycles. The van der Waals surface area contributed by atoms with Gasteiger partial charge in [-0.15, -0.1) is 10.2 Å². The van der Waals surface area contributed by atoms with Crippen molar-refractivity contribution in [3.05, 3.63) is 66.2 Å². The molecule has 0 spiro atoms. The zero-order chi connectivity index (χ0) is 21.6. The van der Waals surface area contributed by atoms with Gasteiger partial charge < -0.3 is 19.3 Å². The highest BCUT2D eigenvalue weighted by molar-refractivity contribution is 5.78. The van der Waals surface area contributed by atoms with Gasteiger partial charge in [0, 0.05) is 31.7 Å². The lowest BCUT2D eigenvalue weighted by Gasteiger charge is -2.35. The van der Waals surface area contributed by atoms with Crippen molar-refractivity contribution in [2.75, 3.05) is 44.8 Å². The van der Waals surface area contributed by atoms with E-state index in [-0.39, 0.29) is 12.5 Å². The number of carbonyl (C=O) groups excluding carboxylic acids is 1. The smallest absolute Gasteiger partial charge is 0.260 e. The molecule has 0 aliphatic carbocycles. The van der Waals surface area contributed by atoms with Gasteiger partial charge in [-0.05, 0) is 43.3 Å². The van der Waals surface area contributed by atoms with E-state index in [1.807, 2.05) is 72.5 Å². The third-order valence-corrected chi connectivity index (χ3v) is 5.36. The van der Waals surface area contributed by atoms with Crippen molar-refractivity contribution in [1.82, 2.24) is 15.1 Å². The fourth-order valence-electron chi connectivity index (χ4n) is 3.49. The second-order valence-corrected chi connectivity index (χ2v) is 7.48. The van der Waals surface area contributed by atoms with Crippen LogP contribution in [0.25, 0.3) is 11.3 Å². The highest BCUT2D eigenvalue weighted by Crippen LogP contribution is 2.23. The summed E-state index contributed by atoms with van der Waals surface area (Å²) in [6, 6.07) is 19.4. The monoisotopic (exact) mass is 418 g/mol. The molecule has 0 saturated carbocycles. The van der Waals surface area contributed by atoms with Crippen molar-refractivity contribution < 1.29 is 14.3 Å². The fraction of sp³-hybridized carbons (Fsp3) is 0.292. The molecule has 1 amide bonds. The first kappa shape index (κ1) is 20.7. The maximum atomic E-state index is 12.5. The largest absolute Gasteiger partial charge is 0.497 e. The highest BCUT2D eigenvalue weighted by Gasteiger charge is 2.22. The Kier molecular flexibility index (Phi) is 6.31. The predicted molar refractivity (Wildman–Crippen MR) is 119 cm³/mol. The van der Waals surface area contributed by atoms with Crippen molar-refractivity contribution >= 4 is 11.7 Å². The molecule has 0 bridgehead atoms. The van der Waals surface area contributed by atoms with Crippen LogP contribution in [0.2, 0.25) is 0 Å². The number of nitrogens with zero attached hydrogens (tertiary/aromatic N) is 4. The topological polar surface area (TPSA) is 67.8 Å². The first-order valence-electron chi connectivity index (χ1n) is 10.3. The number of amides is 1. The Bertz CT molecular complexity index is 1010. The normalized spacial score (nSPS) is 13.7. The Balaban J connectivity index is 1.30. The molecular formula is C24H26N4O3. The Morgan fingerprint density at radius 2 is 1.71 bits per heavy atom. The lowest BCUT2D eigenvalue weighted by Crippen LogP contribution is -2.50.